The summed E-state index contributed by atoms with van der Waals surface area (Å²) >= 11 is 0. The van der Waals surface area contributed by atoms with Crippen molar-refractivity contribution in [1.29, 1.82) is 0 Å². The Morgan fingerprint density at radius 2 is 2.00 bits per heavy atom. The molecule has 0 aliphatic carbocycles. The molecule has 2 aromatic heterocycles. The van der Waals surface area contributed by atoms with E-state index < -0.39 is 0 Å². The summed E-state index contributed by atoms with van der Waals surface area (Å²) in [6.45, 7) is 2.78. The maximum absolute atomic E-state index is 12.8. The van der Waals surface area contributed by atoms with E-state index >= 15 is 0 Å². The molecule has 0 bridgehead atoms. The number of pyridine rings is 1. The lowest BCUT2D eigenvalue weighted by molar-refractivity contribution is 0.0962. The van der Waals surface area contributed by atoms with Crippen molar-refractivity contribution >= 4 is 22.7 Å². The second-order valence-electron chi connectivity index (χ2n) is 5.14. The van der Waals surface area contributed by atoms with Gasteiger partial charge in [-0.1, -0.05) is 31.5 Å². The van der Waals surface area contributed by atoms with Crippen molar-refractivity contribution in [3.05, 3.63) is 60.5 Å². The molecule has 0 atom stereocenters. The Kier molecular flexibility index (Phi) is 4.19. The molecule has 112 valence electrons. The third kappa shape index (κ3) is 2.86. The van der Waals surface area contributed by atoms with Crippen LogP contribution in [0.1, 0.15) is 30.3 Å². The number of aromatic nitrogens is 1. The summed E-state index contributed by atoms with van der Waals surface area (Å²) in [6, 6.07) is 15.0. The van der Waals surface area contributed by atoms with Crippen LogP contribution in [0.25, 0.3) is 11.1 Å². The van der Waals surface area contributed by atoms with E-state index in [0.717, 1.165) is 18.5 Å². The molecule has 2 heterocycles. The average Bonchev–Trinajstić information content (AvgIpc) is 3.00. The van der Waals surface area contributed by atoms with Gasteiger partial charge in [-0.05, 0) is 30.7 Å². The topological polar surface area (TPSA) is 46.3 Å². The smallest absolute Gasteiger partial charge is 0.294 e. The van der Waals surface area contributed by atoms with Crippen molar-refractivity contribution in [2.45, 2.75) is 19.8 Å². The minimum Gasteiger partial charge on any atom is -0.449 e. The fraction of sp³-hybridized carbons (Fsp3) is 0.222. The number of hydrogen-bond acceptors (Lipinski definition) is 3. The molecule has 0 fully saturated rings. The highest BCUT2D eigenvalue weighted by atomic mass is 16.3. The summed E-state index contributed by atoms with van der Waals surface area (Å²) < 4.78 is 5.66. The van der Waals surface area contributed by atoms with Crippen LogP contribution in [0.2, 0.25) is 0 Å². The lowest BCUT2D eigenvalue weighted by Gasteiger charge is -2.21. The molecular weight excluding hydrogens is 276 g/mol. The van der Waals surface area contributed by atoms with Crippen molar-refractivity contribution in [3.8, 4) is 0 Å². The van der Waals surface area contributed by atoms with Crippen LogP contribution in [0, 0.1) is 0 Å². The van der Waals surface area contributed by atoms with Gasteiger partial charge in [0.1, 0.15) is 5.52 Å². The Hall–Kier alpha value is -2.62. The van der Waals surface area contributed by atoms with E-state index in [9.17, 15) is 4.79 Å². The van der Waals surface area contributed by atoms with E-state index in [4.69, 9.17) is 4.42 Å². The molecule has 0 saturated carbocycles. The predicted octanol–water partition coefficient (Wildman–Crippen LogP) is 4.27. The van der Waals surface area contributed by atoms with Crippen LogP contribution in [0.3, 0.4) is 0 Å². The number of hydrogen-bond donors (Lipinski definition) is 0. The monoisotopic (exact) mass is 294 g/mol. The highest BCUT2D eigenvalue weighted by molar-refractivity contribution is 6.05. The summed E-state index contributed by atoms with van der Waals surface area (Å²) in [6.07, 6.45) is 3.66. The zero-order valence-corrected chi connectivity index (χ0v) is 12.5. The van der Waals surface area contributed by atoms with Crippen molar-refractivity contribution < 1.29 is 9.21 Å². The maximum Gasteiger partial charge on any atom is 0.294 e. The molecule has 22 heavy (non-hydrogen) atoms. The van der Waals surface area contributed by atoms with E-state index in [0.29, 0.717) is 23.4 Å². The highest BCUT2D eigenvalue weighted by Crippen LogP contribution is 2.22. The SMILES string of the molecule is CCCCN(C(=O)c1cc2ncccc2o1)c1ccccc1. The van der Waals surface area contributed by atoms with Gasteiger partial charge in [0.2, 0.25) is 0 Å². The zero-order valence-electron chi connectivity index (χ0n) is 12.5. The Bertz CT molecular complexity index is 732. The average molecular weight is 294 g/mol. The number of rotatable bonds is 5. The number of unbranched alkanes of at least 4 members (excludes halogenated alkanes) is 1. The predicted molar refractivity (Wildman–Crippen MR) is 87.0 cm³/mol. The van der Waals surface area contributed by atoms with Crippen molar-refractivity contribution in [2.75, 3.05) is 11.4 Å². The number of carbonyl (C=O) groups is 1. The van der Waals surface area contributed by atoms with Gasteiger partial charge in [-0.15, -0.1) is 0 Å². The maximum atomic E-state index is 12.8. The Balaban J connectivity index is 1.94. The fourth-order valence-electron chi connectivity index (χ4n) is 2.38. The first kappa shape index (κ1) is 14.3. The van der Waals surface area contributed by atoms with E-state index in [1.165, 1.54) is 0 Å². The van der Waals surface area contributed by atoms with Gasteiger partial charge in [-0.25, -0.2) is 0 Å². The van der Waals surface area contributed by atoms with Gasteiger partial charge < -0.3 is 9.32 Å². The van der Waals surface area contributed by atoms with Crippen LogP contribution < -0.4 is 4.90 Å². The van der Waals surface area contributed by atoms with Crippen molar-refractivity contribution in [2.24, 2.45) is 0 Å². The van der Waals surface area contributed by atoms with Gasteiger partial charge >= 0.3 is 0 Å². The lowest BCUT2D eigenvalue weighted by atomic mass is 10.2. The molecule has 4 heteroatoms. The number of benzene rings is 1. The first-order chi connectivity index (χ1) is 10.8. The number of nitrogens with zero attached hydrogens (tertiary/aromatic N) is 2. The first-order valence-electron chi connectivity index (χ1n) is 7.51. The van der Waals surface area contributed by atoms with Gasteiger partial charge in [0, 0.05) is 24.5 Å². The third-order valence-electron chi connectivity index (χ3n) is 3.55. The second-order valence-corrected chi connectivity index (χ2v) is 5.14. The molecule has 3 aromatic rings. The summed E-state index contributed by atoms with van der Waals surface area (Å²) in [7, 11) is 0. The van der Waals surface area contributed by atoms with Gasteiger partial charge in [-0.2, -0.15) is 0 Å². The Morgan fingerprint density at radius 3 is 2.73 bits per heavy atom. The van der Waals surface area contributed by atoms with Gasteiger partial charge in [0.25, 0.3) is 5.91 Å². The number of para-hydroxylation sites is 1. The molecule has 1 aromatic carbocycles. The molecule has 0 saturated heterocycles. The van der Waals surface area contributed by atoms with Crippen LogP contribution in [0.15, 0.2) is 59.1 Å². The second kappa shape index (κ2) is 6.43. The molecule has 0 unspecified atom stereocenters. The molecule has 0 spiro atoms. The van der Waals surface area contributed by atoms with E-state index in [-0.39, 0.29) is 5.91 Å². The molecule has 0 N–H and O–H groups in total. The summed E-state index contributed by atoms with van der Waals surface area (Å²) in [4.78, 5) is 18.8. The molecule has 0 aliphatic heterocycles. The third-order valence-corrected chi connectivity index (χ3v) is 3.55. The Labute approximate surface area is 129 Å². The van der Waals surface area contributed by atoms with Crippen LogP contribution >= 0.6 is 0 Å². The van der Waals surface area contributed by atoms with Crippen LogP contribution in [-0.2, 0) is 0 Å². The molecular formula is C18H18N2O2. The Morgan fingerprint density at radius 1 is 1.18 bits per heavy atom. The molecule has 1 amide bonds. The zero-order chi connectivity index (χ0) is 15.4. The van der Waals surface area contributed by atoms with Crippen LogP contribution in [0.5, 0.6) is 0 Å². The first-order valence-corrected chi connectivity index (χ1v) is 7.51. The largest absolute Gasteiger partial charge is 0.449 e. The number of furan rings is 1. The minimum atomic E-state index is -0.127. The van der Waals surface area contributed by atoms with Gasteiger partial charge in [0.05, 0.1) is 0 Å². The molecule has 4 nitrogen and oxygen atoms in total. The number of amides is 1. The lowest BCUT2D eigenvalue weighted by Crippen LogP contribution is -2.31. The van der Waals surface area contributed by atoms with Gasteiger partial charge in [0.15, 0.2) is 11.3 Å². The standard InChI is InChI=1S/C18H18N2O2/c1-2-3-12-20(14-8-5-4-6-9-14)18(21)17-13-15-16(22-17)10-7-11-19-15/h4-11,13H,2-3,12H2,1H3. The summed E-state index contributed by atoms with van der Waals surface area (Å²) in [5, 5.41) is 0. The van der Waals surface area contributed by atoms with E-state index in [1.54, 1.807) is 23.2 Å². The number of fused-ring (bicyclic) bond motifs is 1. The van der Waals surface area contributed by atoms with Crippen molar-refractivity contribution in [3.63, 3.8) is 0 Å². The number of anilines is 1. The number of carbonyl (C=O) groups excluding carboxylic acids is 1. The van der Waals surface area contributed by atoms with Crippen molar-refractivity contribution in [1.82, 2.24) is 4.98 Å². The highest BCUT2D eigenvalue weighted by Gasteiger charge is 2.21. The van der Waals surface area contributed by atoms with E-state index in [2.05, 4.69) is 11.9 Å². The molecule has 0 aliphatic rings. The quantitative estimate of drug-likeness (QED) is 0.705. The van der Waals surface area contributed by atoms with Crippen LogP contribution in [0.4, 0.5) is 5.69 Å². The minimum absolute atomic E-state index is 0.127. The fourth-order valence-corrected chi connectivity index (χ4v) is 2.38. The molecule has 3 rings (SSSR count). The molecule has 0 radical (unpaired) electrons. The summed E-state index contributed by atoms with van der Waals surface area (Å²) in [5.41, 5.74) is 2.22. The van der Waals surface area contributed by atoms with E-state index in [1.807, 2.05) is 36.4 Å². The van der Waals surface area contributed by atoms with Crippen LogP contribution in [-0.4, -0.2) is 17.4 Å². The normalized spacial score (nSPS) is 10.8. The van der Waals surface area contributed by atoms with Gasteiger partial charge in [-0.3, -0.25) is 9.78 Å². The summed E-state index contributed by atoms with van der Waals surface area (Å²) in [5.74, 6) is 0.200.